The van der Waals surface area contributed by atoms with Crippen LogP contribution in [0.25, 0.3) is 0 Å². The van der Waals surface area contributed by atoms with E-state index in [1.807, 2.05) is 12.1 Å². The lowest BCUT2D eigenvalue weighted by molar-refractivity contribution is 0.0728. The first kappa shape index (κ1) is 23.1. The molecule has 0 aliphatic carbocycles. The van der Waals surface area contributed by atoms with Gasteiger partial charge in [-0.05, 0) is 55.2 Å². The van der Waals surface area contributed by atoms with E-state index in [9.17, 15) is 9.18 Å². The van der Waals surface area contributed by atoms with Crippen LogP contribution in [0.5, 0.6) is 17.4 Å². The van der Waals surface area contributed by atoms with Gasteiger partial charge in [0.05, 0.1) is 30.5 Å². The largest absolute Gasteiger partial charge is 0.496 e. The molecule has 0 spiro atoms. The highest BCUT2D eigenvalue weighted by Crippen LogP contribution is 2.33. The quantitative estimate of drug-likeness (QED) is 0.524. The molecular weight excluding hydrogens is 447 g/mol. The van der Waals surface area contributed by atoms with Crippen molar-refractivity contribution < 1.29 is 18.7 Å². The molecule has 182 valence electrons. The first-order valence-corrected chi connectivity index (χ1v) is 12.0. The second-order valence-electron chi connectivity index (χ2n) is 9.16. The molecule has 3 heterocycles. The van der Waals surface area contributed by atoms with Crippen molar-refractivity contribution in [2.75, 3.05) is 31.6 Å². The van der Waals surface area contributed by atoms with E-state index in [1.54, 1.807) is 36.3 Å². The molecule has 5 rings (SSSR count). The number of fused-ring (bicyclic) bond motifs is 1. The van der Waals surface area contributed by atoms with E-state index in [0.29, 0.717) is 54.3 Å². The van der Waals surface area contributed by atoms with Gasteiger partial charge in [0.15, 0.2) is 0 Å². The summed E-state index contributed by atoms with van der Waals surface area (Å²) < 4.78 is 25.0. The zero-order chi connectivity index (χ0) is 24.4. The number of halogens is 1. The maximum absolute atomic E-state index is 13.5. The lowest BCUT2D eigenvalue weighted by Crippen LogP contribution is -2.38. The number of carbonyl (C=O) groups excluding carboxylic acids is 1. The Bertz CT molecular complexity index is 1210. The van der Waals surface area contributed by atoms with Crippen molar-refractivity contribution in [1.82, 2.24) is 14.9 Å². The third-order valence-electron chi connectivity index (χ3n) is 6.73. The number of aromatic nitrogens is 2. The number of anilines is 1. The number of methoxy groups -OCH3 is 1. The molecule has 1 amide bonds. The van der Waals surface area contributed by atoms with Crippen molar-refractivity contribution in [1.29, 1.82) is 0 Å². The minimum atomic E-state index is -0.334. The van der Waals surface area contributed by atoms with E-state index in [1.165, 1.54) is 12.1 Å². The summed E-state index contributed by atoms with van der Waals surface area (Å²) >= 11 is 0. The number of piperidine rings is 1. The number of amides is 1. The van der Waals surface area contributed by atoms with Crippen LogP contribution in [0, 0.1) is 11.7 Å². The van der Waals surface area contributed by atoms with Gasteiger partial charge in [0.1, 0.15) is 17.3 Å². The second kappa shape index (κ2) is 9.90. The van der Waals surface area contributed by atoms with Crippen molar-refractivity contribution in [3.63, 3.8) is 0 Å². The average Bonchev–Trinajstić information content (AvgIpc) is 2.89. The summed E-state index contributed by atoms with van der Waals surface area (Å²) in [4.78, 5) is 27.0. The Kier molecular flexibility index (Phi) is 6.53. The molecule has 0 N–H and O–H groups in total. The second-order valence-corrected chi connectivity index (χ2v) is 9.16. The summed E-state index contributed by atoms with van der Waals surface area (Å²) in [6, 6.07) is 13.1. The number of rotatable bonds is 5. The molecular formula is C27H29FN4O3. The van der Waals surface area contributed by atoms with E-state index in [2.05, 4.69) is 11.8 Å². The van der Waals surface area contributed by atoms with Crippen molar-refractivity contribution in [3.8, 4) is 17.4 Å². The molecule has 2 aliphatic rings. The van der Waals surface area contributed by atoms with Gasteiger partial charge in [-0.2, -0.15) is 4.98 Å². The van der Waals surface area contributed by atoms with Gasteiger partial charge in [0, 0.05) is 26.1 Å². The number of ether oxygens (including phenoxy) is 2. The lowest BCUT2D eigenvalue weighted by Gasteiger charge is -2.33. The van der Waals surface area contributed by atoms with E-state index >= 15 is 0 Å². The number of nitrogens with zero attached hydrogens (tertiary/aromatic N) is 4. The maximum Gasteiger partial charge on any atom is 0.257 e. The molecule has 0 saturated carbocycles. The molecule has 35 heavy (non-hydrogen) atoms. The van der Waals surface area contributed by atoms with Gasteiger partial charge < -0.3 is 19.3 Å². The molecule has 1 fully saturated rings. The minimum absolute atomic E-state index is 0.116. The van der Waals surface area contributed by atoms with Crippen LogP contribution in [0.2, 0.25) is 0 Å². The van der Waals surface area contributed by atoms with E-state index in [4.69, 9.17) is 19.4 Å². The predicted octanol–water partition coefficient (Wildman–Crippen LogP) is 4.85. The van der Waals surface area contributed by atoms with Crippen molar-refractivity contribution >= 4 is 11.9 Å². The molecule has 3 aromatic rings. The van der Waals surface area contributed by atoms with Gasteiger partial charge in [0.25, 0.3) is 5.91 Å². The highest BCUT2D eigenvalue weighted by atomic mass is 19.1. The Labute approximate surface area is 204 Å². The Morgan fingerprint density at radius 3 is 2.51 bits per heavy atom. The Morgan fingerprint density at radius 1 is 1.03 bits per heavy atom. The molecule has 1 aromatic heterocycles. The topological polar surface area (TPSA) is 67.8 Å². The molecule has 7 nitrogen and oxygen atoms in total. The first-order valence-electron chi connectivity index (χ1n) is 12.0. The minimum Gasteiger partial charge on any atom is -0.496 e. The number of carbonyl (C=O) groups is 1. The third kappa shape index (κ3) is 4.92. The molecule has 2 aromatic carbocycles. The summed E-state index contributed by atoms with van der Waals surface area (Å²) in [5.74, 6) is 2.32. The fourth-order valence-corrected chi connectivity index (χ4v) is 4.59. The Morgan fingerprint density at radius 2 is 1.77 bits per heavy atom. The summed E-state index contributed by atoms with van der Waals surface area (Å²) in [5.41, 5.74) is 2.17. The van der Waals surface area contributed by atoms with Gasteiger partial charge in [-0.3, -0.25) is 4.79 Å². The number of para-hydroxylation sites is 1. The maximum atomic E-state index is 13.5. The average molecular weight is 477 g/mol. The van der Waals surface area contributed by atoms with Crippen molar-refractivity contribution in [2.45, 2.75) is 32.7 Å². The monoisotopic (exact) mass is 476 g/mol. The molecule has 0 radical (unpaired) electrons. The molecule has 2 aliphatic heterocycles. The highest BCUT2D eigenvalue weighted by molar-refractivity contribution is 5.97. The number of hydrogen-bond donors (Lipinski definition) is 0. The van der Waals surface area contributed by atoms with Crippen LogP contribution in [0.4, 0.5) is 10.3 Å². The van der Waals surface area contributed by atoms with Crippen LogP contribution >= 0.6 is 0 Å². The normalized spacial score (nSPS) is 16.1. The van der Waals surface area contributed by atoms with Gasteiger partial charge in [-0.15, -0.1) is 0 Å². The zero-order valence-corrected chi connectivity index (χ0v) is 20.0. The standard InChI is InChI=1S/C27H29FN4O3/c1-18-11-14-31(15-12-18)27-29-23-13-16-32(26(33)21-5-3-4-6-24(21)34-2)17-22(23)25(30-27)35-20-9-7-19(28)8-10-20/h3-10,18H,11-17H2,1-2H3. The zero-order valence-electron chi connectivity index (χ0n) is 20.0. The number of benzene rings is 2. The van der Waals surface area contributed by atoms with Gasteiger partial charge >= 0.3 is 0 Å². The van der Waals surface area contributed by atoms with E-state index < -0.39 is 0 Å². The van der Waals surface area contributed by atoms with Crippen molar-refractivity contribution in [3.05, 3.63) is 71.2 Å². The Balaban J connectivity index is 1.48. The van der Waals surface area contributed by atoms with Crippen molar-refractivity contribution in [2.24, 2.45) is 5.92 Å². The fourth-order valence-electron chi connectivity index (χ4n) is 4.59. The molecule has 0 bridgehead atoms. The SMILES string of the molecule is COc1ccccc1C(=O)N1CCc2nc(N3CCC(C)CC3)nc(Oc3ccc(F)cc3)c2C1. The van der Waals surface area contributed by atoms with Crippen LogP contribution in [-0.2, 0) is 13.0 Å². The summed E-state index contributed by atoms with van der Waals surface area (Å²) in [6.45, 7) is 4.91. The third-order valence-corrected chi connectivity index (χ3v) is 6.73. The molecule has 0 atom stereocenters. The van der Waals surface area contributed by atoms with Gasteiger partial charge in [-0.25, -0.2) is 9.37 Å². The Hall–Kier alpha value is -3.68. The smallest absolute Gasteiger partial charge is 0.257 e. The van der Waals surface area contributed by atoms with Gasteiger partial charge in [0.2, 0.25) is 11.8 Å². The predicted molar refractivity (Wildman–Crippen MR) is 131 cm³/mol. The summed E-state index contributed by atoms with van der Waals surface area (Å²) in [5, 5.41) is 0. The number of hydrogen-bond acceptors (Lipinski definition) is 6. The fraction of sp³-hybridized carbons (Fsp3) is 0.370. The van der Waals surface area contributed by atoms with Crippen LogP contribution in [0.1, 0.15) is 41.4 Å². The van der Waals surface area contributed by atoms with E-state index in [-0.39, 0.29) is 11.7 Å². The van der Waals surface area contributed by atoms with Crippen LogP contribution < -0.4 is 14.4 Å². The van der Waals surface area contributed by atoms with Crippen LogP contribution in [-0.4, -0.2) is 47.5 Å². The van der Waals surface area contributed by atoms with Crippen LogP contribution in [0.3, 0.4) is 0 Å². The van der Waals surface area contributed by atoms with Crippen LogP contribution in [0.15, 0.2) is 48.5 Å². The lowest BCUT2D eigenvalue weighted by atomic mass is 9.99. The highest BCUT2D eigenvalue weighted by Gasteiger charge is 2.30. The first-order chi connectivity index (χ1) is 17.0. The van der Waals surface area contributed by atoms with E-state index in [0.717, 1.165) is 37.2 Å². The molecule has 0 unspecified atom stereocenters. The summed E-state index contributed by atoms with van der Waals surface area (Å²) in [6.07, 6.45) is 2.78. The summed E-state index contributed by atoms with van der Waals surface area (Å²) in [7, 11) is 1.56. The molecule has 8 heteroatoms. The van der Waals surface area contributed by atoms with Gasteiger partial charge in [-0.1, -0.05) is 19.1 Å². The molecule has 1 saturated heterocycles.